The molecule has 0 radical (unpaired) electrons. The van der Waals surface area contributed by atoms with Crippen LogP contribution in [0.5, 0.6) is 5.75 Å². The third-order valence-corrected chi connectivity index (χ3v) is 5.02. The monoisotopic (exact) mass is 376 g/mol. The van der Waals surface area contributed by atoms with E-state index in [0.29, 0.717) is 6.54 Å². The van der Waals surface area contributed by atoms with Gasteiger partial charge in [0.1, 0.15) is 11.6 Å². The molecule has 4 rings (SSSR count). The van der Waals surface area contributed by atoms with E-state index in [1.54, 1.807) is 7.11 Å². The van der Waals surface area contributed by atoms with Gasteiger partial charge in [-0.25, -0.2) is 9.78 Å². The molecule has 0 saturated carbocycles. The van der Waals surface area contributed by atoms with Gasteiger partial charge in [0.25, 0.3) is 0 Å². The zero-order chi connectivity index (χ0) is 19.3. The summed E-state index contributed by atoms with van der Waals surface area (Å²) in [4.78, 5) is 16.6. The summed E-state index contributed by atoms with van der Waals surface area (Å²) in [6.45, 7) is 1.60. The molecule has 28 heavy (non-hydrogen) atoms. The maximum atomic E-state index is 12.1. The second-order valence-corrected chi connectivity index (χ2v) is 6.87. The number of fused-ring (bicyclic) bond motifs is 1. The molecule has 0 bridgehead atoms. The van der Waals surface area contributed by atoms with Gasteiger partial charge in [0.15, 0.2) is 0 Å². The van der Waals surface area contributed by atoms with E-state index in [1.165, 1.54) is 0 Å². The van der Waals surface area contributed by atoms with E-state index in [2.05, 4.69) is 20.2 Å². The molecule has 2 heterocycles. The van der Waals surface area contributed by atoms with Gasteiger partial charge in [0, 0.05) is 25.2 Å². The van der Waals surface area contributed by atoms with Crippen molar-refractivity contribution in [2.75, 3.05) is 19.0 Å². The Morgan fingerprint density at radius 3 is 2.68 bits per heavy atom. The molecule has 2 amide bonds. The number of rotatable bonds is 6. The predicted octanol–water partition coefficient (Wildman–Crippen LogP) is 3.87. The largest absolute Gasteiger partial charge is 0.497 e. The van der Waals surface area contributed by atoms with Crippen molar-refractivity contribution in [3.63, 3.8) is 0 Å². The predicted molar refractivity (Wildman–Crippen MR) is 110 cm³/mol. The fourth-order valence-electron chi connectivity index (χ4n) is 3.50. The zero-order valence-corrected chi connectivity index (χ0v) is 15.9. The topological polar surface area (TPSA) is 68.2 Å². The summed E-state index contributed by atoms with van der Waals surface area (Å²) in [5, 5.41) is 5.77. The Morgan fingerprint density at radius 2 is 1.93 bits per heavy atom. The number of aryl methyl sites for hydroxylation is 1. The van der Waals surface area contributed by atoms with E-state index >= 15 is 0 Å². The molecule has 6 heteroatoms. The van der Waals surface area contributed by atoms with Crippen molar-refractivity contribution in [1.82, 2.24) is 14.9 Å². The van der Waals surface area contributed by atoms with Crippen molar-refractivity contribution in [3.05, 3.63) is 66.1 Å². The molecule has 2 aromatic carbocycles. The number of nitrogens with one attached hydrogen (secondary N) is 2. The lowest BCUT2D eigenvalue weighted by molar-refractivity contribution is 0.252. The van der Waals surface area contributed by atoms with Crippen LogP contribution in [0, 0.1) is 0 Å². The second-order valence-electron chi connectivity index (χ2n) is 6.87. The van der Waals surface area contributed by atoms with Crippen LogP contribution in [0.3, 0.4) is 0 Å². The van der Waals surface area contributed by atoms with Crippen LogP contribution in [0.2, 0.25) is 0 Å². The summed E-state index contributed by atoms with van der Waals surface area (Å²) in [5.74, 6) is 1.99. The SMILES string of the molecule is COc1ccc(CCNC(=O)Nc2ccc(-c3cnc4n3CCC4)cc2)cc1. The van der Waals surface area contributed by atoms with Gasteiger partial charge in [-0.3, -0.25) is 0 Å². The van der Waals surface area contributed by atoms with Crippen LogP contribution in [0.15, 0.2) is 54.7 Å². The van der Waals surface area contributed by atoms with Gasteiger partial charge in [0.05, 0.1) is 19.0 Å². The number of hydrogen-bond donors (Lipinski definition) is 2. The highest BCUT2D eigenvalue weighted by atomic mass is 16.5. The summed E-state index contributed by atoms with van der Waals surface area (Å²) in [6.07, 6.45) is 4.91. The summed E-state index contributed by atoms with van der Waals surface area (Å²) < 4.78 is 7.42. The van der Waals surface area contributed by atoms with Crippen LogP contribution in [0.4, 0.5) is 10.5 Å². The second kappa shape index (κ2) is 8.17. The molecule has 0 fully saturated rings. The lowest BCUT2D eigenvalue weighted by Crippen LogP contribution is -2.30. The lowest BCUT2D eigenvalue weighted by atomic mass is 10.1. The minimum absolute atomic E-state index is 0.202. The highest BCUT2D eigenvalue weighted by Crippen LogP contribution is 2.26. The van der Waals surface area contributed by atoms with Crippen molar-refractivity contribution >= 4 is 11.7 Å². The lowest BCUT2D eigenvalue weighted by Gasteiger charge is -2.09. The number of benzene rings is 2. The van der Waals surface area contributed by atoms with E-state index in [9.17, 15) is 4.79 Å². The molecule has 0 aliphatic carbocycles. The molecule has 1 aromatic heterocycles. The van der Waals surface area contributed by atoms with Crippen LogP contribution in [-0.2, 0) is 19.4 Å². The molecule has 2 N–H and O–H groups in total. The first-order valence-electron chi connectivity index (χ1n) is 9.55. The van der Waals surface area contributed by atoms with Crippen LogP contribution in [0.1, 0.15) is 17.8 Å². The Hall–Kier alpha value is -3.28. The smallest absolute Gasteiger partial charge is 0.319 e. The number of imidazole rings is 1. The van der Waals surface area contributed by atoms with Crippen LogP contribution in [0.25, 0.3) is 11.3 Å². The molecular weight excluding hydrogens is 352 g/mol. The zero-order valence-electron chi connectivity index (χ0n) is 15.9. The summed E-state index contributed by atoms with van der Waals surface area (Å²) in [5.41, 5.74) is 4.18. The summed E-state index contributed by atoms with van der Waals surface area (Å²) in [6, 6.07) is 15.5. The molecule has 1 aliphatic rings. The van der Waals surface area contributed by atoms with Gasteiger partial charge in [-0.15, -0.1) is 0 Å². The first-order chi connectivity index (χ1) is 13.7. The standard InChI is InChI=1S/C22H24N4O2/c1-28-19-10-4-16(5-11-19)12-13-23-22(27)25-18-8-6-17(7-9-18)20-15-24-21-3-2-14-26(20)21/h4-11,15H,2-3,12-14H2,1H3,(H2,23,25,27). The van der Waals surface area contributed by atoms with E-state index in [4.69, 9.17) is 4.74 Å². The first-order valence-corrected chi connectivity index (χ1v) is 9.55. The Kier molecular flexibility index (Phi) is 5.28. The number of carbonyl (C=O) groups is 1. The fraction of sp³-hybridized carbons (Fsp3) is 0.273. The number of amides is 2. The van der Waals surface area contributed by atoms with Gasteiger partial charge in [-0.2, -0.15) is 0 Å². The first kappa shape index (κ1) is 18.1. The molecule has 1 aliphatic heterocycles. The minimum atomic E-state index is -0.202. The fourth-order valence-corrected chi connectivity index (χ4v) is 3.50. The Balaban J connectivity index is 1.28. The molecular formula is C22H24N4O2. The molecule has 0 saturated heterocycles. The number of carbonyl (C=O) groups excluding carboxylic acids is 1. The number of methoxy groups -OCH3 is 1. The van der Waals surface area contributed by atoms with Crippen molar-refractivity contribution in [3.8, 4) is 17.0 Å². The number of nitrogens with zero attached hydrogens (tertiary/aromatic N) is 2. The van der Waals surface area contributed by atoms with Crippen molar-refractivity contribution in [2.45, 2.75) is 25.8 Å². The number of ether oxygens (including phenoxy) is 1. The van der Waals surface area contributed by atoms with Crippen molar-refractivity contribution < 1.29 is 9.53 Å². The van der Waals surface area contributed by atoms with E-state index in [1.807, 2.05) is 54.7 Å². The maximum Gasteiger partial charge on any atom is 0.319 e. The van der Waals surface area contributed by atoms with Crippen LogP contribution < -0.4 is 15.4 Å². The molecule has 0 unspecified atom stereocenters. The third kappa shape index (κ3) is 4.01. The molecule has 3 aromatic rings. The van der Waals surface area contributed by atoms with Crippen molar-refractivity contribution in [2.24, 2.45) is 0 Å². The van der Waals surface area contributed by atoms with Gasteiger partial charge in [-0.1, -0.05) is 24.3 Å². The van der Waals surface area contributed by atoms with E-state index in [0.717, 1.165) is 59.9 Å². The average Bonchev–Trinajstić information content (AvgIpc) is 3.33. The van der Waals surface area contributed by atoms with Gasteiger partial charge in [-0.05, 0) is 48.2 Å². The highest BCUT2D eigenvalue weighted by Gasteiger charge is 2.16. The van der Waals surface area contributed by atoms with Gasteiger partial charge in [0.2, 0.25) is 0 Å². The minimum Gasteiger partial charge on any atom is -0.497 e. The molecule has 0 spiro atoms. The normalized spacial score (nSPS) is 12.5. The number of anilines is 1. The number of hydrogen-bond acceptors (Lipinski definition) is 3. The molecule has 0 atom stereocenters. The van der Waals surface area contributed by atoms with E-state index < -0.39 is 0 Å². The Morgan fingerprint density at radius 1 is 1.14 bits per heavy atom. The summed E-state index contributed by atoms with van der Waals surface area (Å²) in [7, 11) is 1.65. The molecule has 144 valence electrons. The highest BCUT2D eigenvalue weighted by molar-refractivity contribution is 5.89. The third-order valence-electron chi connectivity index (χ3n) is 5.02. The van der Waals surface area contributed by atoms with Crippen LogP contribution >= 0.6 is 0 Å². The quantitative estimate of drug-likeness (QED) is 0.686. The van der Waals surface area contributed by atoms with Gasteiger partial charge < -0.3 is 19.9 Å². The van der Waals surface area contributed by atoms with Gasteiger partial charge >= 0.3 is 6.03 Å². The van der Waals surface area contributed by atoms with Crippen LogP contribution in [-0.4, -0.2) is 29.2 Å². The summed E-state index contributed by atoms with van der Waals surface area (Å²) >= 11 is 0. The Bertz CT molecular complexity index is 946. The maximum absolute atomic E-state index is 12.1. The van der Waals surface area contributed by atoms with Crippen molar-refractivity contribution in [1.29, 1.82) is 0 Å². The number of aromatic nitrogens is 2. The average molecular weight is 376 g/mol. The molecule has 6 nitrogen and oxygen atoms in total. The Labute approximate surface area is 164 Å². The van der Waals surface area contributed by atoms with E-state index in [-0.39, 0.29) is 6.03 Å². The number of urea groups is 1.